The highest BCUT2D eigenvalue weighted by Gasteiger charge is 2.23. The summed E-state index contributed by atoms with van der Waals surface area (Å²) in [4.78, 5) is 44.1. The molecule has 10 heteroatoms. The Balaban J connectivity index is 0.00000182. The molecular weight excluding hydrogens is 393 g/mol. The zero-order valence-corrected chi connectivity index (χ0v) is 17.1. The van der Waals surface area contributed by atoms with E-state index in [4.69, 9.17) is 0 Å². The number of amides is 1. The number of H-pyrrole nitrogens is 1. The van der Waals surface area contributed by atoms with Gasteiger partial charge in [-0.05, 0) is 31.9 Å². The van der Waals surface area contributed by atoms with Crippen molar-refractivity contribution >= 4 is 41.8 Å². The SMILES string of the molecule is CCn1c(=O)[nH]c(=O)c2c(C(=O)NC3CCNC3)cc(C(C)C)nc21.Cl.Cl. The minimum Gasteiger partial charge on any atom is -0.348 e. The molecule has 1 unspecified atom stereocenters. The van der Waals surface area contributed by atoms with Gasteiger partial charge in [-0.2, -0.15) is 0 Å². The number of carbonyl (C=O) groups excluding carboxylic acids is 1. The summed E-state index contributed by atoms with van der Waals surface area (Å²) in [5.74, 6) is -0.251. The monoisotopic (exact) mass is 417 g/mol. The minimum absolute atomic E-state index is 0. The molecule has 0 aliphatic carbocycles. The van der Waals surface area contributed by atoms with Crippen LogP contribution in [0.2, 0.25) is 0 Å². The van der Waals surface area contributed by atoms with Crippen LogP contribution in [0.25, 0.3) is 11.0 Å². The van der Waals surface area contributed by atoms with Crippen molar-refractivity contribution in [1.29, 1.82) is 0 Å². The Morgan fingerprint density at radius 1 is 1.37 bits per heavy atom. The van der Waals surface area contributed by atoms with E-state index in [1.807, 2.05) is 13.8 Å². The van der Waals surface area contributed by atoms with Gasteiger partial charge < -0.3 is 10.6 Å². The van der Waals surface area contributed by atoms with Crippen molar-refractivity contribution in [3.05, 3.63) is 38.2 Å². The van der Waals surface area contributed by atoms with Gasteiger partial charge in [0.1, 0.15) is 0 Å². The molecule has 3 N–H and O–H groups in total. The lowest BCUT2D eigenvalue weighted by Crippen LogP contribution is -2.38. The van der Waals surface area contributed by atoms with Gasteiger partial charge in [-0.1, -0.05) is 13.8 Å². The maximum atomic E-state index is 12.8. The molecule has 2 aromatic rings. The number of pyridine rings is 1. The first-order valence-corrected chi connectivity index (χ1v) is 8.61. The number of hydrogen-bond donors (Lipinski definition) is 3. The van der Waals surface area contributed by atoms with Gasteiger partial charge in [0.2, 0.25) is 0 Å². The van der Waals surface area contributed by atoms with E-state index < -0.39 is 11.2 Å². The second-order valence-electron chi connectivity index (χ2n) is 6.61. The molecule has 0 radical (unpaired) electrons. The van der Waals surface area contributed by atoms with Crippen molar-refractivity contribution < 1.29 is 4.79 Å². The first-order chi connectivity index (χ1) is 11.9. The van der Waals surface area contributed by atoms with Crippen molar-refractivity contribution in [3.63, 3.8) is 0 Å². The number of halogens is 2. The molecule has 1 aliphatic heterocycles. The van der Waals surface area contributed by atoms with E-state index in [0.29, 0.717) is 18.8 Å². The van der Waals surface area contributed by atoms with Gasteiger partial charge in [-0.15, -0.1) is 24.8 Å². The highest BCUT2D eigenvalue weighted by Crippen LogP contribution is 2.20. The quantitative estimate of drug-likeness (QED) is 0.691. The van der Waals surface area contributed by atoms with Crippen LogP contribution in [0, 0.1) is 0 Å². The molecule has 0 bridgehead atoms. The van der Waals surface area contributed by atoms with Gasteiger partial charge in [0.25, 0.3) is 11.5 Å². The fourth-order valence-electron chi connectivity index (χ4n) is 3.10. The molecule has 1 fully saturated rings. The Labute approximate surface area is 169 Å². The molecule has 1 atom stereocenters. The molecule has 1 amide bonds. The molecule has 1 aliphatic rings. The molecular formula is C17H25Cl2N5O3. The average Bonchev–Trinajstić information content (AvgIpc) is 3.06. The third kappa shape index (κ3) is 4.51. The molecule has 2 aromatic heterocycles. The molecule has 8 nitrogen and oxygen atoms in total. The van der Waals surface area contributed by atoms with Crippen LogP contribution in [-0.4, -0.2) is 39.6 Å². The number of hydrogen-bond acceptors (Lipinski definition) is 5. The van der Waals surface area contributed by atoms with Crippen LogP contribution < -0.4 is 21.9 Å². The van der Waals surface area contributed by atoms with E-state index in [0.717, 1.165) is 13.0 Å². The van der Waals surface area contributed by atoms with E-state index in [9.17, 15) is 14.4 Å². The smallest absolute Gasteiger partial charge is 0.329 e. The first kappa shape index (κ1) is 23.1. The molecule has 27 heavy (non-hydrogen) atoms. The van der Waals surface area contributed by atoms with Gasteiger partial charge in [0.05, 0.1) is 10.9 Å². The first-order valence-electron chi connectivity index (χ1n) is 8.61. The predicted octanol–water partition coefficient (Wildman–Crippen LogP) is 1.16. The van der Waals surface area contributed by atoms with Crippen molar-refractivity contribution in [3.8, 4) is 0 Å². The topological polar surface area (TPSA) is 109 Å². The van der Waals surface area contributed by atoms with Crippen LogP contribution >= 0.6 is 24.8 Å². The largest absolute Gasteiger partial charge is 0.348 e. The van der Waals surface area contributed by atoms with E-state index in [1.54, 1.807) is 13.0 Å². The molecule has 0 spiro atoms. The second-order valence-corrected chi connectivity index (χ2v) is 6.61. The van der Waals surface area contributed by atoms with Crippen LogP contribution in [0.5, 0.6) is 0 Å². The van der Waals surface area contributed by atoms with Crippen LogP contribution in [0.3, 0.4) is 0 Å². The second kappa shape index (κ2) is 9.34. The van der Waals surface area contributed by atoms with Gasteiger partial charge in [-0.25, -0.2) is 9.78 Å². The molecule has 0 aromatic carbocycles. The third-order valence-corrected chi connectivity index (χ3v) is 4.52. The lowest BCUT2D eigenvalue weighted by Gasteiger charge is -2.16. The molecule has 3 heterocycles. The predicted molar refractivity (Wildman–Crippen MR) is 110 cm³/mol. The third-order valence-electron chi connectivity index (χ3n) is 4.52. The maximum absolute atomic E-state index is 12.8. The summed E-state index contributed by atoms with van der Waals surface area (Å²) >= 11 is 0. The highest BCUT2D eigenvalue weighted by molar-refractivity contribution is 6.05. The summed E-state index contributed by atoms with van der Waals surface area (Å²) in [6.07, 6.45) is 0.849. The van der Waals surface area contributed by atoms with Gasteiger partial charge in [0.15, 0.2) is 5.65 Å². The minimum atomic E-state index is -0.581. The van der Waals surface area contributed by atoms with E-state index in [2.05, 4.69) is 20.6 Å². The fraction of sp³-hybridized carbons (Fsp3) is 0.529. The molecule has 1 saturated heterocycles. The number of nitrogens with zero attached hydrogens (tertiary/aromatic N) is 2. The lowest BCUT2D eigenvalue weighted by molar-refractivity contribution is 0.0941. The summed E-state index contributed by atoms with van der Waals surface area (Å²) in [5, 5.41) is 6.32. The number of carbonyl (C=O) groups is 1. The van der Waals surface area contributed by atoms with Crippen LogP contribution in [-0.2, 0) is 6.54 Å². The van der Waals surface area contributed by atoms with Crippen molar-refractivity contribution in [2.75, 3.05) is 13.1 Å². The molecule has 0 saturated carbocycles. The Bertz CT molecular complexity index is 933. The normalized spacial score (nSPS) is 16.1. The number of aryl methyl sites for hydroxylation is 1. The van der Waals surface area contributed by atoms with E-state index in [-0.39, 0.29) is 59.3 Å². The van der Waals surface area contributed by atoms with Gasteiger partial charge in [0, 0.05) is 24.8 Å². The van der Waals surface area contributed by atoms with Crippen molar-refractivity contribution in [1.82, 2.24) is 25.2 Å². The zero-order valence-electron chi connectivity index (χ0n) is 15.5. The van der Waals surface area contributed by atoms with Crippen LogP contribution in [0.15, 0.2) is 15.7 Å². The summed E-state index contributed by atoms with van der Waals surface area (Å²) in [6.45, 7) is 7.63. The highest BCUT2D eigenvalue weighted by atomic mass is 35.5. The molecule has 3 rings (SSSR count). The Morgan fingerprint density at radius 3 is 2.63 bits per heavy atom. The van der Waals surface area contributed by atoms with Crippen molar-refractivity contribution in [2.45, 2.75) is 45.7 Å². The van der Waals surface area contributed by atoms with E-state index in [1.165, 1.54) is 4.57 Å². The van der Waals surface area contributed by atoms with E-state index >= 15 is 0 Å². The van der Waals surface area contributed by atoms with Crippen LogP contribution in [0.4, 0.5) is 0 Å². The summed E-state index contributed by atoms with van der Waals surface area (Å²) < 4.78 is 1.39. The lowest BCUT2D eigenvalue weighted by atomic mass is 10.0. The number of fused-ring (bicyclic) bond motifs is 1. The summed E-state index contributed by atoms with van der Waals surface area (Å²) in [6, 6.07) is 1.69. The number of aromatic nitrogens is 3. The number of nitrogens with one attached hydrogen (secondary N) is 3. The zero-order chi connectivity index (χ0) is 18.1. The Morgan fingerprint density at radius 2 is 2.07 bits per heavy atom. The Hall–Kier alpha value is -1.90. The summed E-state index contributed by atoms with van der Waals surface area (Å²) in [7, 11) is 0. The number of rotatable bonds is 4. The number of aromatic amines is 1. The van der Waals surface area contributed by atoms with Crippen molar-refractivity contribution in [2.24, 2.45) is 0 Å². The fourth-order valence-corrected chi connectivity index (χ4v) is 3.10. The Kier molecular flexibility index (Phi) is 8.01. The maximum Gasteiger partial charge on any atom is 0.329 e. The standard InChI is InChI=1S/C17H23N5O3.2ClH/c1-4-22-14-13(16(24)21-17(22)25)11(7-12(20-14)9(2)3)15(23)19-10-5-6-18-8-10;;/h7,9-10,18H,4-6,8H2,1-3H3,(H,19,23)(H,21,24,25);2*1H. The average molecular weight is 418 g/mol. The van der Waals surface area contributed by atoms with Gasteiger partial charge >= 0.3 is 5.69 Å². The van der Waals surface area contributed by atoms with Crippen LogP contribution in [0.1, 0.15) is 49.2 Å². The van der Waals surface area contributed by atoms with Gasteiger partial charge in [-0.3, -0.25) is 19.1 Å². The molecule has 150 valence electrons. The summed E-state index contributed by atoms with van der Waals surface area (Å²) in [5.41, 5.74) is 0.109.